The molecular formula is C15H27N3O2. The molecule has 2 fully saturated rings. The molecule has 1 saturated heterocycles. The quantitative estimate of drug-likeness (QED) is 0.806. The molecule has 0 unspecified atom stereocenters. The Hall–Kier alpha value is -1.10. The smallest absolute Gasteiger partial charge is 0.245 e. The number of rotatable bonds is 3. The van der Waals surface area contributed by atoms with Crippen molar-refractivity contribution in [1.29, 1.82) is 0 Å². The Kier molecular flexibility index (Phi) is 4.68. The van der Waals surface area contributed by atoms with E-state index < -0.39 is 5.54 Å². The first kappa shape index (κ1) is 15.3. The molecule has 1 heterocycles. The summed E-state index contributed by atoms with van der Waals surface area (Å²) in [6, 6.07) is 0. The predicted molar refractivity (Wildman–Crippen MR) is 77.9 cm³/mol. The van der Waals surface area contributed by atoms with Gasteiger partial charge in [0.15, 0.2) is 0 Å². The van der Waals surface area contributed by atoms with E-state index in [-0.39, 0.29) is 11.8 Å². The van der Waals surface area contributed by atoms with Crippen molar-refractivity contribution in [1.82, 2.24) is 10.2 Å². The van der Waals surface area contributed by atoms with Crippen molar-refractivity contribution in [2.45, 2.75) is 51.5 Å². The van der Waals surface area contributed by atoms with E-state index >= 15 is 0 Å². The number of carbonyl (C=O) groups is 2. The molecule has 2 aliphatic rings. The van der Waals surface area contributed by atoms with Crippen LogP contribution in [0.1, 0.15) is 46.0 Å². The van der Waals surface area contributed by atoms with Crippen molar-refractivity contribution < 1.29 is 9.59 Å². The highest BCUT2D eigenvalue weighted by molar-refractivity contribution is 5.91. The zero-order valence-electron chi connectivity index (χ0n) is 12.7. The van der Waals surface area contributed by atoms with Gasteiger partial charge >= 0.3 is 0 Å². The second-order valence-electron chi connectivity index (χ2n) is 6.69. The van der Waals surface area contributed by atoms with Crippen LogP contribution in [0.5, 0.6) is 0 Å². The lowest BCUT2D eigenvalue weighted by atomic mass is 9.80. The summed E-state index contributed by atoms with van der Waals surface area (Å²) in [5.74, 6) is 1.18. The third-order valence-corrected chi connectivity index (χ3v) is 4.92. The van der Waals surface area contributed by atoms with Crippen LogP contribution < -0.4 is 11.1 Å². The summed E-state index contributed by atoms with van der Waals surface area (Å²) in [4.78, 5) is 26.1. The van der Waals surface area contributed by atoms with Crippen molar-refractivity contribution in [3.8, 4) is 0 Å². The fraction of sp³-hybridized carbons (Fsp3) is 0.867. The summed E-state index contributed by atoms with van der Waals surface area (Å²) < 4.78 is 0. The average Bonchev–Trinajstić information content (AvgIpc) is 2.42. The maximum absolute atomic E-state index is 12.5. The Balaban J connectivity index is 1.90. The maximum Gasteiger partial charge on any atom is 0.245 e. The number of carbonyl (C=O) groups excluding carboxylic acids is 2. The minimum absolute atomic E-state index is 0.0519. The van der Waals surface area contributed by atoms with Crippen molar-refractivity contribution in [2.75, 3.05) is 19.6 Å². The molecule has 114 valence electrons. The summed E-state index contributed by atoms with van der Waals surface area (Å²) in [5, 5.41) is 2.83. The lowest BCUT2D eigenvalue weighted by Gasteiger charge is -2.42. The van der Waals surface area contributed by atoms with E-state index in [1.165, 1.54) is 0 Å². The first-order valence-corrected chi connectivity index (χ1v) is 7.74. The molecule has 1 aliphatic heterocycles. The minimum atomic E-state index is -0.718. The molecule has 0 aromatic carbocycles. The van der Waals surface area contributed by atoms with Crippen LogP contribution in [0.2, 0.25) is 0 Å². The van der Waals surface area contributed by atoms with Gasteiger partial charge in [-0.2, -0.15) is 0 Å². The van der Waals surface area contributed by atoms with Gasteiger partial charge in [0, 0.05) is 19.5 Å². The Labute approximate surface area is 121 Å². The van der Waals surface area contributed by atoms with Gasteiger partial charge < -0.3 is 16.0 Å². The SMILES string of the molecule is CC1(C)C(=O)NCCN1C(=O)CC1CCC(CN)CC1. The normalized spacial score (nSPS) is 29.9. The Morgan fingerprint density at radius 2 is 1.90 bits per heavy atom. The molecule has 0 aromatic rings. The largest absolute Gasteiger partial charge is 0.352 e. The van der Waals surface area contributed by atoms with Gasteiger partial charge in [-0.05, 0) is 57.9 Å². The fourth-order valence-electron chi connectivity index (χ4n) is 3.36. The first-order valence-electron chi connectivity index (χ1n) is 7.74. The zero-order valence-corrected chi connectivity index (χ0v) is 12.7. The molecule has 0 bridgehead atoms. The van der Waals surface area contributed by atoms with Crippen molar-refractivity contribution in [3.63, 3.8) is 0 Å². The van der Waals surface area contributed by atoms with Gasteiger partial charge in [-0.15, -0.1) is 0 Å². The standard InChI is InChI=1S/C15H27N3O2/c1-15(2)14(20)17-7-8-18(15)13(19)9-11-3-5-12(10-16)6-4-11/h11-12H,3-10,16H2,1-2H3,(H,17,20). The topological polar surface area (TPSA) is 75.4 Å². The maximum atomic E-state index is 12.5. The van der Waals surface area contributed by atoms with Crippen LogP contribution in [0, 0.1) is 11.8 Å². The number of piperazine rings is 1. The lowest BCUT2D eigenvalue weighted by molar-refractivity contribution is -0.150. The fourth-order valence-corrected chi connectivity index (χ4v) is 3.36. The molecule has 0 spiro atoms. The van der Waals surface area contributed by atoms with Crippen LogP contribution in [0.15, 0.2) is 0 Å². The zero-order chi connectivity index (χ0) is 14.8. The molecule has 0 aromatic heterocycles. The van der Waals surface area contributed by atoms with E-state index in [1.807, 2.05) is 13.8 Å². The third kappa shape index (κ3) is 3.14. The van der Waals surface area contributed by atoms with E-state index in [2.05, 4.69) is 5.32 Å². The second-order valence-corrected chi connectivity index (χ2v) is 6.69. The van der Waals surface area contributed by atoms with Gasteiger partial charge in [0.2, 0.25) is 11.8 Å². The van der Waals surface area contributed by atoms with Crippen LogP contribution in [-0.4, -0.2) is 41.9 Å². The first-order chi connectivity index (χ1) is 9.45. The lowest BCUT2D eigenvalue weighted by Crippen LogP contribution is -2.63. The van der Waals surface area contributed by atoms with E-state index in [9.17, 15) is 9.59 Å². The highest BCUT2D eigenvalue weighted by atomic mass is 16.2. The molecule has 1 saturated carbocycles. The number of nitrogens with zero attached hydrogens (tertiary/aromatic N) is 1. The third-order valence-electron chi connectivity index (χ3n) is 4.92. The molecule has 1 aliphatic carbocycles. The van der Waals surface area contributed by atoms with E-state index in [4.69, 9.17) is 5.73 Å². The van der Waals surface area contributed by atoms with Crippen LogP contribution >= 0.6 is 0 Å². The Morgan fingerprint density at radius 3 is 2.50 bits per heavy atom. The van der Waals surface area contributed by atoms with Crippen LogP contribution in [0.4, 0.5) is 0 Å². The highest BCUT2D eigenvalue weighted by Gasteiger charge is 2.40. The van der Waals surface area contributed by atoms with Gasteiger partial charge in [0.05, 0.1) is 0 Å². The van der Waals surface area contributed by atoms with Crippen LogP contribution in [0.3, 0.4) is 0 Å². The van der Waals surface area contributed by atoms with E-state index in [1.54, 1.807) is 4.90 Å². The van der Waals surface area contributed by atoms with Gasteiger partial charge in [-0.25, -0.2) is 0 Å². The summed E-state index contributed by atoms with van der Waals surface area (Å²) in [6.45, 7) is 5.60. The molecule has 5 heteroatoms. The van der Waals surface area contributed by atoms with Crippen molar-refractivity contribution in [3.05, 3.63) is 0 Å². The van der Waals surface area contributed by atoms with Gasteiger partial charge in [-0.1, -0.05) is 0 Å². The van der Waals surface area contributed by atoms with Gasteiger partial charge in [0.1, 0.15) is 5.54 Å². The average molecular weight is 281 g/mol. The molecule has 0 radical (unpaired) electrons. The number of nitrogens with two attached hydrogens (primary N) is 1. The minimum Gasteiger partial charge on any atom is -0.352 e. The summed E-state index contributed by atoms with van der Waals surface area (Å²) in [5.41, 5.74) is 4.98. The Bertz CT molecular complexity index is 373. The monoisotopic (exact) mass is 281 g/mol. The van der Waals surface area contributed by atoms with E-state index in [0.717, 1.165) is 32.2 Å². The summed E-state index contributed by atoms with van der Waals surface area (Å²) in [6.07, 6.45) is 5.03. The number of hydrogen-bond acceptors (Lipinski definition) is 3. The van der Waals surface area contributed by atoms with Crippen LogP contribution in [-0.2, 0) is 9.59 Å². The van der Waals surface area contributed by atoms with E-state index in [0.29, 0.717) is 31.3 Å². The molecule has 2 rings (SSSR count). The predicted octanol–water partition coefficient (Wildman–Crippen LogP) is 0.879. The molecular weight excluding hydrogens is 254 g/mol. The number of amides is 2. The van der Waals surface area contributed by atoms with Crippen LogP contribution in [0.25, 0.3) is 0 Å². The van der Waals surface area contributed by atoms with Gasteiger partial charge in [0.25, 0.3) is 0 Å². The number of hydrogen-bond donors (Lipinski definition) is 2. The highest BCUT2D eigenvalue weighted by Crippen LogP contribution is 2.31. The summed E-state index contributed by atoms with van der Waals surface area (Å²) in [7, 11) is 0. The van der Waals surface area contributed by atoms with Crippen molar-refractivity contribution >= 4 is 11.8 Å². The molecule has 0 atom stereocenters. The number of nitrogens with one attached hydrogen (secondary N) is 1. The summed E-state index contributed by atoms with van der Waals surface area (Å²) >= 11 is 0. The molecule has 2 amide bonds. The molecule has 20 heavy (non-hydrogen) atoms. The van der Waals surface area contributed by atoms with Gasteiger partial charge in [-0.3, -0.25) is 9.59 Å². The second kappa shape index (κ2) is 6.12. The van der Waals surface area contributed by atoms with Crippen molar-refractivity contribution in [2.24, 2.45) is 17.6 Å². The Morgan fingerprint density at radius 1 is 1.30 bits per heavy atom. The molecule has 3 N–H and O–H groups in total. The molecule has 5 nitrogen and oxygen atoms in total.